The Hall–Kier alpha value is -3.20. The molecule has 0 spiro atoms. The summed E-state index contributed by atoms with van der Waals surface area (Å²) >= 11 is 1.25. The Morgan fingerprint density at radius 3 is 2.62 bits per heavy atom. The smallest absolute Gasteiger partial charge is 0.295 e. The van der Waals surface area contributed by atoms with Crippen LogP contribution in [-0.2, 0) is 17.6 Å². The Kier molecular flexibility index (Phi) is 5.94. The van der Waals surface area contributed by atoms with E-state index >= 15 is 0 Å². The van der Waals surface area contributed by atoms with Crippen LogP contribution in [0, 0.1) is 0 Å². The number of carbonyl (C=O) groups excluding carboxylic acids is 2. The van der Waals surface area contributed by atoms with E-state index in [-0.39, 0.29) is 18.2 Å². The summed E-state index contributed by atoms with van der Waals surface area (Å²) in [5.74, 6) is -0.486. The molecule has 0 aliphatic heterocycles. The van der Waals surface area contributed by atoms with Crippen molar-refractivity contribution in [3.05, 3.63) is 65.4 Å². The highest BCUT2D eigenvalue weighted by Gasteiger charge is 2.12. The molecular formula is C17H16N6O2S. The number of nitrogens with one attached hydrogen (secondary N) is 2. The maximum absolute atomic E-state index is 12.0. The molecule has 3 aromatic rings. The van der Waals surface area contributed by atoms with Crippen LogP contribution in [0.25, 0.3) is 0 Å². The molecule has 3 aromatic heterocycles. The molecule has 0 radical (unpaired) electrons. The summed E-state index contributed by atoms with van der Waals surface area (Å²) in [4.78, 5) is 39.9. The number of nitrogens with zero attached hydrogens (tertiary/aromatic N) is 4. The van der Waals surface area contributed by atoms with Gasteiger partial charge in [-0.25, -0.2) is 15.0 Å². The van der Waals surface area contributed by atoms with E-state index in [2.05, 4.69) is 30.6 Å². The van der Waals surface area contributed by atoms with Gasteiger partial charge in [0.1, 0.15) is 0 Å². The van der Waals surface area contributed by atoms with Crippen LogP contribution in [0.3, 0.4) is 0 Å². The van der Waals surface area contributed by atoms with Gasteiger partial charge in [-0.2, -0.15) is 0 Å². The Balaban J connectivity index is 1.45. The molecule has 0 saturated carbocycles. The minimum Gasteiger partial charge on any atom is -0.355 e. The lowest BCUT2D eigenvalue weighted by Gasteiger charge is -2.04. The molecule has 0 aromatic carbocycles. The number of hydrogen-bond acceptors (Lipinski definition) is 7. The summed E-state index contributed by atoms with van der Waals surface area (Å²) in [6, 6.07) is 5.46. The second-order valence-electron chi connectivity index (χ2n) is 5.30. The fourth-order valence-electron chi connectivity index (χ4n) is 2.14. The minimum atomic E-state index is -0.437. The number of hydrogen-bond donors (Lipinski definition) is 2. The SMILES string of the molecule is O=C(Cc1csc(NC(=O)c2ncccn2)n1)NCCc1ccncc1. The summed E-state index contributed by atoms with van der Waals surface area (Å²) in [5.41, 5.74) is 1.71. The van der Waals surface area contributed by atoms with Crippen LogP contribution in [0.4, 0.5) is 5.13 Å². The van der Waals surface area contributed by atoms with Gasteiger partial charge in [0.25, 0.3) is 5.91 Å². The Labute approximate surface area is 153 Å². The largest absolute Gasteiger partial charge is 0.355 e. The van der Waals surface area contributed by atoms with Gasteiger partial charge in [-0.1, -0.05) is 0 Å². The van der Waals surface area contributed by atoms with E-state index < -0.39 is 5.91 Å². The molecule has 0 saturated heterocycles. The lowest BCUT2D eigenvalue weighted by atomic mass is 10.2. The number of rotatable bonds is 7. The van der Waals surface area contributed by atoms with Crippen molar-refractivity contribution in [1.29, 1.82) is 0 Å². The van der Waals surface area contributed by atoms with Crippen LogP contribution in [0.2, 0.25) is 0 Å². The molecule has 26 heavy (non-hydrogen) atoms. The van der Waals surface area contributed by atoms with Gasteiger partial charge < -0.3 is 5.32 Å². The van der Waals surface area contributed by atoms with E-state index in [4.69, 9.17) is 0 Å². The Bertz CT molecular complexity index is 869. The number of anilines is 1. The second-order valence-corrected chi connectivity index (χ2v) is 6.16. The van der Waals surface area contributed by atoms with Crippen molar-refractivity contribution in [2.45, 2.75) is 12.8 Å². The van der Waals surface area contributed by atoms with Crippen molar-refractivity contribution in [1.82, 2.24) is 25.3 Å². The van der Waals surface area contributed by atoms with E-state index in [1.165, 1.54) is 23.7 Å². The summed E-state index contributed by atoms with van der Waals surface area (Å²) < 4.78 is 0. The zero-order valence-corrected chi connectivity index (χ0v) is 14.6. The molecule has 0 bridgehead atoms. The van der Waals surface area contributed by atoms with E-state index in [9.17, 15) is 9.59 Å². The van der Waals surface area contributed by atoms with E-state index in [1.807, 2.05) is 12.1 Å². The van der Waals surface area contributed by atoms with E-state index in [0.717, 1.165) is 12.0 Å². The highest BCUT2D eigenvalue weighted by Crippen LogP contribution is 2.16. The molecule has 3 heterocycles. The quantitative estimate of drug-likeness (QED) is 0.654. The van der Waals surface area contributed by atoms with Crippen molar-refractivity contribution in [3.63, 3.8) is 0 Å². The molecule has 0 fully saturated rings. The average molecular weight is 368 g/mol. The van der Waals surface area contributed by atoms with Gasteiger partial charge in [0, 0.05) is 36.7 Å². The van der Waals surface area contributed by atoms with Gasteiger partial charge in [0.15, 0.2) is 5.13 Å². The van der Waals surface area contributed by atoms with Crippen LogP contribution < -0.4 is 10.6 Å². The molecule has 0 unspecified atom stereocenters. The number of pyridine rings is 1. The first kappa shape index (κ1) is 17.6. The Morgan fingerprint density at radius 2 is 1.85 bits per heavy atom. The molecule has 2 amide bonds. The Morgan fingerprint density at radius 1 is 1.08 bits per heavy atom. The predicted molar refractivity (Wildman–Crippen MR) is 96.8 cm³/mol. The molecular weight excluding hydrogens is 352 g/mol. The fourth-order valence-corrected chi connectivity index (χ4v) is 2.84. The molecule has 0 aliphatic rings. The topological polar surface area (TPSA) is 110 Å². The summed E-state index contributed by atoms with van der Waals surface area (Å²) in [6.07, 6.45) is 7.33. The minimum absolute atomic E-state index is 0.0677. The van der Waals surface area contributed by atoms with Crippen molar-refractivity contribution >= 4 is 28.3 Å². The standard InChI is InChI=1S/C17H16N6O2S/c24-14(19-9-4-12-2-7-18-8-3-12)10-13-11-26-17(22-13)23-16(25)15-20-5-1-6-21-15/h1-3,5-8,11H,4,9-10H2,(H,19,24)(H,22,23,25). The van der Waals surface area contributed by atoms with Gasteiger partial charge in [0.05, 0.1) is 12.1 Å². The zero-order valence-electron chi connectivity index (χ0n) is 13.8. The highest BCUT2D eigenvalue weighted by molar-refractivity contribution is 7.14. The maximum Gasteiger partial charge on any atom is 0.295 e. The number of carbonyl (C=O) groups is 2. The van der Waals surface area contributed by atoms with Crippen LogP contribution in [0.1, 0.15) is 21.9 Å². The van der Waals surface area contributed by atoms with Crippen LogP contribution in [0.5, 0.6) is 0 Å². The highest BCUT2D eigenvalue weighted by atomic mass is 32.1. The number of aromatic nitrogens is 4. The first-order chi connectivity index (χ1) is 12.7. The van der Waals surface area contributed by atoms with E-state index in [0.29, 0.717) is 17.4 Å². The lowest BCUT2D eigenvalue weighted by molar-refractivity contribution is -0.120. The lowest BCUT2D eigenvalue weighted by Crippen LogP contribution is -2.27. The van der Waals surface area contributed by atoms with Crippen molar-refractivity contribution < 1.29 is 9.59 Å². The van der Waals surface area contributed by atoms with Crippen LogP contribution >= 0.6 is 11.3 Å². The van der Waals surface area contributed by atoms with Gasteiger partial charge in [0.2, 0.25) is 11.7 Å². The molecule has 0 aliphatic carbocycles. The normalized spacial score (nSPS) is 10.3. The first-order valence-electron chi connectivity index (χ1n) is 7.89. The van der Waals surface area contributed by atoms with Gasteiger partial charge in [-0.05, 0) is 30.2 Å². The van der Waals surface area contributed by atoms with Gasteiger partial charge >= 0.3 is 0 Å². The van der Waals surface area contributed by atoms with Crippen molar-refractivity contribution in [3.8, 4) is 0 Å². The first-order valence-corrected chi connectivity index (χ1v) is 8.77. The third-order valence-corrected chi connectivity index (χ3v) is 4.17. The second kappa shape index (κ2) is 8.77. The average Bonchev–Trinajstić information content (AvgIpc) is 3.10. The molecule has 2 N–H and O–H groups in total. The predicted octanol–water partition coefficient (Wildman–Crippen LogP) is 1.48. The van der Waals surface area contributed by atoms with Gasteiger partial charge in [-0.15, -0.1) is 11.3 Å². The molecule has 8 nitrogen and oxygen atoms in total. The summed E-state index contributed by atoms with van der Waals surface area (Å²) in [7, 11) is 0. The molecule has 0 atom stereocenters. The number of amides is 2. The van der Waals surface area contributed by atoms with Crippen LogP contribution in [0.15, 0.2) is 48.4 Å². The maximum atomic E-state index is 12.0. The molecule has 3 rings (SSSR count). The van der Waals surface area contributed by atoms with Crippen molar-refractivity contribution in [2.75, 3.05) is 11.9 Å². The zero-order chi connectivity index (χ0) is 18.2. The fraction of sp³-hybridized carbons (Fsp3) is 0.176. The molecule has 132 valence electrons. The van der Waals surface area contributed by atoms with Crippen LogP contribution in [-0.4, -0.2) is 38.3 Å². The third kappa shape index (κ3) is 5.15. The summed E-state index contributed by atoms with van der Waals surface area (Å²) in [5, 5.41) is 7.62. The number of thiazole rings is 1. The summed E-state index contributed by atoms with van der Waals surface area (Å²) in [6.45, 7) is 0.544. The van der Waals surface area contributed by atoms with Crippen molar-refractivity contribution in [2.24, 2.45) is 0 Å². The third-order valence-electron chi connectivity index (χ3n) is 3.37. The van der Waals surface area contributed by atoms with Gasteiger partial charge in [-0.3, -0.25) is 19.9 Å². The van der Waals surface area contributed by atoms with E-state index in [1.54, 1.807) is 23.8 Å². The monoisotopic (exact) mass is 368 g/mol. The molecule has 9 heteroatoms.